The highest BCUT2D eigenvalue weighted by Crippen LogP contribution is 2.36. The van der Waals surface area contributed by atoms with E-state index in [1.807, 2.05) is 12.1 Å². The summed E-state index contributed by atoms with van der Waals surface area (Å²) < 4.78 is 11.7. The number of nitrogens with one attached hydrogen (secondary N) is 1. The molecule has 0 fully saturated rings. The maximum Gasteiger partial charge on any atom is 0.162 e. The van der Waals surface area contributed by atoms with Crippen LogP contribution in [0, 0.1) is 0 Å². The topological polar surface area (TPSA) is 33.7 Å². The van der Waals surface area contributed by atoms with Crippen LogP contribution in [0.1, 0.15) is 33.6 Å². The van der Waals surface area contributed by atoms with Crippen LogP contribution in [-0.4, -0.2) is 44.8 Å². The molecular weight excluding hydrogens is 344 g/mol. The van der Waals surface area contributed by atoms with E-state index >= 15 is 0 Å². The van der Waals surface area contributed by atoms with Gasteiger partial charge in [-0.15, -0.1) is 0 Å². The number of rotatable bonds is 10. The molecule has 1 unspecified atom stereocenters. The predicted octanol–water partition coefficient (Wildman–Crippen LogP) is 4.39. The molecule has 5 heteroatoms. The zero-order chi connectivity index (χ0) is 16.5. The summed E-state index contributed by atoms with van der Waals surface area (Å²) in [5.41, 5.74) is 1.04. The number of hydrogen-bond donors (Lipinski definition) is 1. The quantitative estimate of drug-likeness (QED) is 0.660. The van der Waals surface area contributed by atoms with Crippen LogP contribution in [-0.2, 0) is 0 Å². The van der Waals surface area contributed by atoms with Crippen molar-refractivity contribution in [3.05, 3.63) is 16.6 Å². The minimum absolute atomic E-state index is 0.407. The Morgan fingerprint density at radius 2 is 1.73 bits per heavy atom. The molecule has 0 radical (unpaired) electrons. The molecule has 1 rings (SSSR count). The predicted molar refractivity (Wildman–Crippen MR) is 97.4 cm³/mol. The number of nitrogens with zero attached hydrogens (tertiary/aromatic N) is 1. The van der Waals surface area contributed by atoms with Gasteiger partial charge in [0.05, 0.1) is 19.9 Å². The summed E-state index contributed by atoms with van der Waals surface area (Å²) in [5.74, 6) is 1.47. The maximum atomic E-state index is 5.36. The van der Waals surface area contributed by atoms with E-state index in [2.05, 4.69) is 46.9 Å². The first-order valence-corrected chi connectivity index (χ1v) is 8.75. The molecule has 22 heavy (non-hydrogen) atoms. The lowest BCUT2D eigenvalue weighted by Crippen LogP contribution is -2.25. The number of hydrogen-bond acceptors (Lipinski definition) is 4. The van der Waals surface area contributed by atoms with Crippen LogP contribution in [0.15, 0.2) is 16.6 Å². The molecule has 1 atom stereocenters. The lowest BCUT2D eigenvalue weighted by Gasteiger charge is -2.21. The smallest absolute Gasteiger partial charge is 0.162 e. The van der Waals surface area contributed by atoms with E-state index in [1.54, 1.807) is 14.2 Å². The first-order valence-electron chi connectivity index (χ1n) is 7.96. The Morgan fingerprint density at radius 3 is 2.27 bits per heavy atom. The van der Waals surface area contributed by atoms with Gasteiger partial charge in [-0.2, -0.15) is 0 Å². The van der Waals surface area contributed by atoms with E-state index in [9.17, 15) is 0 Å². The minimum atomic E-state index is 0.407. The largest absolute Gasteiger partial charge is 0.493 e. The van der Waals surface area contributed by atoms with Gasteiger partial charge >= 0.3 is 0 Å². The molecule has 126 valence electrons. The summed E-state index contributed by atoms with van der Waals surface area (Å²) in [4.78, 5) is 2.46. The number of halogens is 1. The van der Waals surface area contributed by atoms with Gasteiger partial charge in [-0.05, 0) is 55.3 Å². The highest BCUT2D eigenvalue weighted by atomic mass is 79.9. The monoisotopic (exact) mass is 372 g/mol. The third kappa shape index (κ3) is 5.69. The first-order chi connectivity index (χ1) is 10.5. The third-order valence-corrected chi connectivity index (χ3v) is 4.54. The van der Waals surface area contributed by atoms with E-state index in [1.165, 1.54) is 6.42 Å². The molecule has 0 aromatic heterocycles. The molecule has 1 aromatic rings. The Hall–Kier alpha value is -0.940. The summed E-state index contributed by atoms with van der Waals surface area (Å²) >= 11 is 3.59. The standard InChI is InChI=1S/C17H29BrN2O2/c1-6-20(7-2)10-8-9-13(3)19-15-12-17(22-5)16(21-4)11-14(15)18/h11-13,19H,6-10H2,1-5H3. The Kier molecular flexibility index (Phi) is 8.64. The summed E-state index contributed by atoms with van der Waals surface area (Å²) in [6.07, 6.45) is 2.33. The van der Waals surface area contributed by atoms with Crippen LogP contribution in [0.5, 0.6) is 11.5 Å². The Balaban J connectivity index is 2.58. The second-order valence-electron chi connectivity index (χ2n) is 5.40. The Labute approximate surface area is 143 Å². The molecule has 0 aliphatic carbocycles. The second-order valence-corrected chi connectivity index (χ2v) is 6.26. The van der Waals surface area contributed by atoms with Crippen molar-refractivity contribution in [2.45, 2.75) is 39.7 Å². The molecule has 0 aliphatic heterocycles. The van der Waals surface area contributed by atoms with Gasteiger partial charge in [0, 0.05) is 22.6 Å². The van der Waals surface area contributed by atoms with Crippen molar-refractivity contribution in [2.24, 2.45) is 0 Å². The first kappa shape index (κ1) is 19.1. The zero-order valence-electron chi connectivity index (χ0n) is 14.4. The normalized spacial score (nSPS) is 12.3. The summed E-state index contributed by atoms with van der Waals surface area (Å²) in [6.45, 7) is 10.1. The fourth-order valence-corrected chi connectivity index (χ4v) is 2.90. The Bertz CT molecular complexity index is 451. The molecule has 0 heterocycles. The average molecular weight is 373 g/mol. The lowest BCUT2D eigenvalue weighted by molar-refractivity contribution is 0.295. The molecule has 0 saturated carbocycles. The molecule has 1 N–H and O–H groups in total. The van der Waals surface area contributed by atoms with Crippen LogP contribution >= 0.6 is 15.9 Å². The van der Waals surface area contributed by atoms with Gasteiger partial charge in [0.1, 0.15) is 0 Å². The second kappa shape index (κ2) is 9.95. The van der Waals surface area contributed by atoms with Gasteiger partial charge in [0.2, 0.25) is 0 Å². The summed E-state index contributed by atoms with van der Waals surface area (Å²) in [7, 11) is 3.30. The molecule has 0 amide bonds. The van der Waals surface area contributed by atoms with Gasteiger partial charge < -0.3 is 19.7 Å². The van der Waals surface area contributed by atoms with Gasteiger partial charge in [0.15, 0.2) is 11.5 Å². The van der Waals surface area contributed by atoms with E-state index in [4.69, 9.17) is 9.47 Å². The average Bonchev–Trinajstić information content (AvgIpc) is 2.53. The molecule has 0 saturated heterocycles. The Morgan fingerprint density at radius 1 is 1.14 bits per heavy atom. The van der Waals surface area contributed by atoms with E-state index in [-0.39, 0.29) is 0 Å². The summed E-state index contributed by atoms with van der Waals surface area (Å²) in [6, 6.07) is 4.32. The third-order valence-electron chi connectivity index (χ3n) is 3.88. The van der Waals surface area contributed by atoms with E-state index in [0.717, 1.165) is 47.7 Å². The van der Waals surface area contributed by atoms with Crippen LogP contribution in [0.3, 0.4) is 0 Å². The van der Waals surface area contributed by atoms with Crippen molar-refractivity contribution in [1.82, 2.24) is 4.90 Å². The molecule has 1 aromatic carbocycles. The van der Waals surface area contributed by atoms with Crippen molar-refractivity contribution < 1.29 is 9.47 Å². The highest BCUT2D eigenvalue weighted by Gasteiger charge is 2.11. The fraction of sp³-hybridized carbons (Fsp3) is 0.647. The van der Waals surface area contributed by atoms with Crippen LogP contribution < -0.4 is 14.8 Å². The molecule has 0 bridgehead atoms. The maximum absolute atomic E-state index is 5.36. The molecule has 0 aliphatic rings. The SMILES string of the molecule is CCN(CC)CCCC(C)Nc1cc(OC)c(OC)cc1Br. The fourth-order valence-electron chi connectivity index (χ4n) is 2.46. The van der Waals surface area contributed by atoms with Crippen LogP contribution in [0.4, 0.5) is 5.69 Å². The molecule has 0 spiro atoms. The number of benzene rings is 1. The van der Waals surface area contributed by atoms with Gasteiger partial charge in [-0.25, -0.2) is 0 Å². The molecular formula is C17H29BrN2O2. The van der Waals surface area contributed by atoms with Gasteiger partial charge in [0.25, 0.3) is 0 Å². The van der Waals surface area contributed by atoms with E-state index in [0.29, 0.717) is 6.04 Å². The number of methoxy groups -OCH3 is 2. The zero-order valence-corrected chi connectivity index (χ0v) is 16.0. The number of ether oxygens (including phenoxy) is 2. The lowest BCUT2D eigenvalue weighted by atomic mass is 10.1. The van der Waals surface area contributed by atoms with Gasteiger partial charge in [-0.3, -0.25) is 0 Å². The van der Waals surface area contributed by atoms with Gasteiger partial charge in [-0.1, -0.05) is 13.8 Å². The van der Waals surface area contributed by atoms with Crippen molar-refractivity contribution in [1.29, 1.82) is 0 Å². The van der Waals surface area contributed by atoms with Crippen molar-refractivity contribution >= 4 is 21.6 Å². The van der Waals surface area contributed by atoms with E-state index < -0.39 is 0 Å². The van der Waals surface area contributed by atoms with Crippen molar-refractivity contribution in [3.8, 4) is 11.5 Å². The van der Waals surface area contributed by atoms with Crippen LogP contribution in [0.25, 0.3) is 0 Å². The number of anilines is 1. The minimum Gasteiger partial charge on any atom is -0.493 e. The van der Waals surface area contributed by atoms with Crippen molar-refractivity contribution in [3.63, 3.8) is 0 Å². The summed E-state index contributed by atoms with van der Waals surface area (Å²) in [5, 5.41) is 3.55. The molecule has 4 nitrogen and oxygen atoms in total. The highest BCUT2D eigenvalue weighted by molar-refractivity contribution is 9.10. The van der Waals surface area contributed by atoms with Crippen molar-refractivity contribution in [2.75, 3.05) is 39.2 Å². The van der Waals surface area contributed by atoms with Crippen LogP contribution in [0.2, 0.25) is 0 Å².